The first-order valence-corrected chi connectivity index (χ1v) is 10.9. The van der Waals surface area contributed by atoms with E-state index >= 15 is 0 Å². The number of carbonyl (C=O) groups is 2. The second kappa shape index (κ2) is 11.3. The molecule has 0 aliphatic carbocycles. The van der Waals surface area contributed by atoms with E-state index < -0.39 is 12.0 Å². The fourth-order valence-electron chi connectivity index (χ4n) is 3.40. The van der Waals surface area contributed by atoms with Crippen LogP contribution in [-0.4, -0.2) is 37.3 Å². The minimum Gasteiger partial charge on any atom is -0.493 e. The summed E-state index contributed by atoms with van der Waals surface area (Å²) in [7, 11) is 1.51. The molecule has 1 atom stereocenters. The van der Waals surface area contributed by atoms with E-state index in [1.165, 1.54) is 7.11 Å². The second-order valence-corrected chi connectivity index (χ2v) is 7.66. The van der Waals surface area contributed by atoms with E-state index in [1.807, 2.05) is 30.3 Å². The molecule has 2 aromatic rings. The molecule has 2 aromatic carbocycles. The van der Waals surface area contributed by atoms with Gasteiger partial charge in [0.1, 0.15) is 0 Å². The molecule has 3 rings (SSSR count). The molecular formula is C24H27N3O5S. The summed E-state index contributed by atoms with van der Waals surface area (Å²) in [6, 6.07) is 14.3. The standard InChI is InChI=1S/C24H27N3O5S/c1-4-31-23(29)21-15(2)26-24(33)27-22(21)17-10-11-18(19(12-17)30-3)32-14-20(28)25-13-16-8-6-5-7-9-16/h5-12,22H,4,13-14H2,1-3H3,(H,25,28)(H2,26,27,33)/t22-/m1/s1. The third kappa shape index (κ3) is 6.23. The second-order valence-electron chi connectivity index (χ2n) is 7.25. The Balaban J connectivity index is 1.72. The van der Waals surface area contributed by atoms with Gasteiger partial charge in [-0.25, -0.2) is 4.79 Å². The number of hydrogen-bond donors (Lipinski definition) is 3. The minimum absolute atomic E-state index is 0.161. The van der Waals surface area contributed by atoms with E-state index in [1.54, 1.807) is 32.0 Å². The van der Waals surface area contributed by atoms with E-state index in [2.05, 4.69) is 16.0 Å². The lowest BCUT2D eigenvalue weighted by Crippen LogP contribution is -2.45. The van der Waals surface area contributed by atoms with Crippen molar-refractivity contribution in [3.63, 3.8) is 0 Å². The lowest BCUT2D eigenvalue weighted by molar-refractivity contribution is -0.139. The van der Waals surface area contributed by atoms with Crippen LogP contribution < -0.4 is 25.4 Å². The maximum absolute atomic E-state index is 12.6. The van der Waals surface area contributed by atoms with Crippen molar-refractivity contribution in [2.24, 2.45) is 0 Å². The maximum atomic E-state index is 12.6. The molecule has 0 radical (unpaired) electrons. The van der Waals surface area contributed by atoms with Crippen LogP contribution in [0.5, 0.6) is 11.5 Å². The fourth-order valence-corrected chi connectivity index (χ4v) is 3.67. The molecule has 0 saturated carbocycles. The molecule has 0 spiro atoms. The van der Waals surface area contributed by atoms with Crippen molar-refractivity contribution in [2.45, 2.75) is 26.4 Å². The van der Waals surface area contributed by atoms with Gasteiger partial charge < -0.3 is 30.2 Å². The first-order chi connectivity index (χ1) is 15.9. The summed E-state index contributed by atoms with van der Waals surface area (Å²) in [4.78, 5) is 24.7. The van der Waals surface area contributed by atoms with Crippen molar-refractivity contribution in [1.82, 2.24) is 16.0 Å². The van der Waals surface area contributed by atoms with Gasteiger partial charge in [-0.3, -0.25) is 4.79 Å². The monoisotopic (exact) mass is 469 g/mol. The number of carbonyl (C=O) groups excluding carboxylic acids is 2. The normalized spacial score (nSPS) is 15.2. The Hall–Kier alpha value is -3.59. The minimum atomic E-state index is -0.519. The molecule has 9 heteroatoms. The fraction of sp³-hybridized carbons (Fsp3) is 0.292. The van der Waals surface area contributed by atoms with Crippen LogP contribution in [0.15, 0.2) is 59.8 Å². The van der Waals surface area contributed by atoms with E-state index in [9.17, 15) is 9.59 Å². The van der Waals surface area contributed by atoms with Crippen molar-refractivity contribution in [1.29, 1.82) is 0 Å². The molecule has 1 amide bonds. The maximum Gasteiger partial charge on any atom is 0.338 e. The summed E-state index contributed by atoms with van der Waals surface area (Å²) in [6.45, 7) is 4.04. The highest BCUT2D eigenvalue weighted by Crippen LogP contribution is 2.34. The number of rotatable bonds is 9. The zero-order valence-corrected chi connectivity index (χ0v) is 19.6. The van der Waals surface area contributed by atoms with Gasteiger partial charge in [0, 0.05) is 12.2 Å². The summed E-state index contributed by atoms with van der Waals surface area (Å²) in [5.74, 6) is 0.150. The lowest BCUT2D eigenvalue weighted by atomic mass is 9.95. The quantitative estimate of drug-likeness (QED) is 0.381. The Morgan fingerprint density at radius 2 is 1.88 bits per heavy atom. The first-order valence-electron chi connectivity index (χ1n) is 10.5. The van der Waals surface area contributed by atoms with Gasteiger partial charge in [-0.1, -0.05) is 36.4 Å². The van der Waals surface area contributed by atoms with Crippen LogP contribution in [0.4, 0.5) is 0 Å². The van der Waals surface area contributed by atoms with Crippen molar-refractivity contribution >= 4 is 29.2 Å². The topological polar surface area (TPSA) is 97.9 Å². The predicted molar refractivity (Wildman–Crippen MR) is 128 cm³/mol. The number of allylic oxidation sites excluding steroid dienone is 1. The Morgan fingerprint density at radius 3 is 2.58 bits per heavy atom. The lowest BCUT2D eigenvalue weighted by Gasteiger charge is -2.30. The number of benzene rings is 2. The van der Waals surface area contributed by atoms with Crippen LogP contribution in [-0.2, 0) is 20.9 Å². The highest BCUT2D eigenvalue weighted by atomic mass is 32.1. The molecule has 1 heterocycles. The first kappa shape index (κ1) is 24.1. The number of thiocarbonyl (C=S) groups is 1. The average molecular weight is 470 g/mol. The van der Waals surface area contributed by atoms with Gasteiger partial charge in [0.2, 0.25) is 0 Å². The Labute approximate surface area is 198 Å². The molecule has 8 nitrogen and oxygen atoms in total. The van der Waals surface area contributed by atoms with Gasteiger partial charge in [0.05, 0.1) is 25.3 Å². The van der Waals surface area contributed by atoms with E-state index in [4.69, 9.17) is 26.4 Å². The SMILES string of the molecule is CCOC(=O)C1=C(C)NC(=S)N[C@@H]1c1ccc(OCC(=O)NCc2ccccc2)c(OC)c1. The van der Waals surface area contributed by atoms with E-state index in [-0.39, 0.29) is 19.1 Å². The summed E-state index contributed by atoms with van der Waals surface area (Å²) in [6.07, 6.45) is 0. The van der Waals surface area contributed by atoms with Gasteiger partial charge in [0.25, 0.3) is 5.91 Å². The summed E-state index contributed by atoms with van der Waals surface area (Å²) in [5.41, 5.74) is 2.79. The average Bonchev–Trinajstić information content (AvgIpc) is 2.81. The van der Waals surface area contributed by atoms with Crippen molar-refractivity contribution in [3.05, 3.63) is 70.9 Å². The van der Waals surface area contributed by atoms with Crippen LogP contribution in [0.2, 0.25) is 0 Å². The van der Waals surface area contributed by atoms with Crippen molar-refractivity contribution in [2.75, 3.05) is 20.3 Å². The van der Waals surface area contributed by atoms with Crippen LogP contribution in [0.25, 0.3) is 0 Å². The third-order valence-electron chi connectivity index (χ3n) is 4.98. The Morgan fingerprint density at radius 1 is 1.12 bits per heavy atom. The zero-order valence-electron chi connectivity index (χ0n) is 18.8. The highest BCUT2D eigenvalue weighted by Gasteiger charge is 2.31. The smallest absolute Gasteiger partial charge is 0.338 e. The zero-order chi connectivity index (χ0) is 23.8. The molecule has 174 valence electrons. The van der Waals surface area contributed by atoms with Gasteiger partial charge in [-0.15, -0.1) is 0 Å². The number of amides is 1. The summed E-state index contributed by atoms with van der Waals surface area (Å²) >= 11 is 5.27. The Bertz CT molecular complexity index is 1060. The van der Waals surface area contributed by atoms with Crippen molar-refractivity contribution in [3.8, 4) is 11.5 Å². The van der Waals surface area contributed by atoms with Gasteiger partial charge >= 0.3 is 5.97 Å². The number of methoxy groups -OCH3 is 1. The van der Waals surface area contributed by atoms with Gasteiger partial charge in [-0.05, 0) is 49.3 Å². The molecule has 1 aliphatic rings. The molecule has 0 bridgehead atoms. The summed E-state index contributed by atoms with van der Waals surface area (Å²) in [5, 5.41) is 9.29. The number of esters is 1. The number of nitrogens with one attached hydrogen (secondary N) is 3. The third-order valence-corrected chi connectivity index (χ3v) is 5.20. The predicted octanol–water partition coefficient (Wildman–Crippen LogP) is 2.75. The molecule has 0 aromatic heterocycles. The molecule has 3 N–H and O–H groups in total. The van der Waals surface area contributed by atoms with Crippen LogP contribution in [0, 0.1) is 0 Å². The largest absolute Gasteiger partial charge is 0.493 e. The van der Waals surface area contributed by atoms with Gasteiger partial charge in [0.15, 0.2) is 23.2 Å². The molecule has 0 saturated heterocycles. The molecular weight excluding hydrogens is 442 g/mol. The van der Waals surface area contributed by atoms with E-state index in [0.717, 1.165) is 11.1 Å². The molecule has 0 unspecified atom stereocenters. The molecule has 0 fully saturated rings. The Kier molecular flexibility index (Phi) is 8.26. The van der Waals surface area contributed by atoms with Crippen LogP contribution in [0.1, 0.15) is 31.0 Å². The summed E-state index contributed by atoms with van der Waals surface area (Å²) < 4.78 is 16.4. The van der Waals surface area contributed by atoms with Crippen LogP contribution >= 0.6 is 12.2 Å². The van der Waals surface area contributed by atoms with E-state index in [0.29, 0.717) is 34.4 Å². The molecule has 33 heavy (non-hydrogen) atoms. The van der Waals surface area contributed by atoms with Crippen molar-refractivity contribution < 1.29 is 23.8 Å². The molecule has 1 aliphatic heterocycles. The number of ether oxygens (including phenoxy) is 3. The van der Waals surface area contributed by atoms with Gasteiger partial charge in [-0.2, -0.15) is 0 Å². The van der Waals surface area contributed by atoms with Crippen LogP contribution in [0.3, 0.4) is 0 Å². The highest BCUT2D eigenvalue weighted by molar-refractivity contribution is 7.80. The number of hydrogen-bond acceptors (Lipinski definition) is 6.